The maximum atomic E-state index is 13.8. The summed E-state index contributed by atoms with van der Waals surface area (Å²) in [6.45, 7) is 5.75. The lowest BCUT2D eigenvalue weighted by atomic mass is 9.96. The van der Waals surface area contributed by atoms with Crippen LogP contribution >= 0.6 is 0 Å². The van der Waals surface area contributed by atoms with E-state index in [9.17, 15) is 9.50 Å². The van der Waals surface area contributed by atoms with Crippen LogP contribution in [0.4, 0.5) is 4.39 Å². The number of nitrogens with one attached hydrogen (secondary N) is 1. The topological polar surface area (TPSA) is 35.5 Å². The average molecular weight is 278 g/mol. The second kappa shape index (κ2) is 5.70. The summed E-state index contributed by atoms with van der Waals surface area (Å²) in [6.07, 6.45) is 3.59. The maximum absolute atomic E-state index is 13.8. The molecule has 1 saturated carbocycles. The smallest absolute Gasteiger partial charge is 0.165 e. The number of halogens is 1. The number of nitrogens with zero attached hydrogens (tertiary/aromatic N) is 1. The molecule has 3 nitrogen and oxygen atoms in total. The normalized spacial score (nSPS) is 21.9. The van der Waals surface area contributed by atoms with Gasteiger partial charge in [-0.3, -0.25) is 4.90 Å². The molecule has 110 valence electrons. The molecule has 0 spiro atoms. The van der Waals surface area contributed by atoms with Crippen molar-refractivity contribution in [1.29, 1.82) is 0 Å². The van der Waals surface area contributed by atoms with Gasteiger partial charge in [0.2, 0.25) is 0 Å². The maximum Gasteiger partial charge on any atom is 0.165 e. The van der Waals surface area contributed by atoms with Gasteiger partial charge in [0.25, 0.3) is 0 Å². The van der Waals surface area contributed by atoms with Crippen LogP contribution in [0.3, 0.4) is 0 Å². The van der Waals surface area contributed by atoms with Crippen LogP contribution in [0.2, 0.25) is 0 Å². The summed E-state index contributed by atoms with van der Waals surface area (Å²) in [5.41, 5.74) is 1.66. The van der Waals surface area contributed by atoms with Gasteiger partial charge in [0.15, 0.2) is 11.6 Å². The summed E-state index contributed by atoms with van der Waals surface area (Å²) in [4.78, 5) is 2.39. The third kappa shape index (κ3) is 2.96. The molecular formula is C16H23FN2O. The number of phenols is 1. The predicted octanol–water partition coefficient (Wildman–Crippen LogP) is 2.59. The quantitative estimate of drug-likeness (QED) is 0.888. The first-order chi connectivity index (χ1) is 9.65. The van der Waals surface area contributed by atoms with Gasteiger partial charge in [0, 0.05) is 37.8 Å². The Morgan fingerprint density at radius 1 is 1.35 bits per heavy atom. The Morgan fingerprint density at radius 3 is 2.70 bits per heavy atom. The molecule has 2 aliphatic rings. The summed E-state index contributed by atoms with van der Waals surface area (Å²) < 4.78 is 13.8. The van der Waals surface area contributed by atoms with Crippen LogP contribution in [-0.4, -0.2) is 36.2 Å². The van der Waals surface area contributed by atoms with Crippen LogP contribution < -0.4 is 5.32 Å². The highest BCUT2D eigenvalue weighted by Crippen LogP contribution is 2.43. The van der Waals surface area contributed by atoms with Gasteiger partial charge in [-0.2, -0.15) is 0 Å². The van der Waals surface area contributed by atoms with Crippen LogP contribution in [0.1, 0.15) is 36.4 Å². The zero-order valence-corrected chi connectivity index (χ0v) is 12.0. The highest BCUT2D eigenvalue weighted by molar-refractivity contribution is 5.39. The molecule has 1 saturated heterocycles. The fourth-order valence-corrected chi connectivity index (χ4v) is 3.15. The summed E-state index contributed by atoms with van der Waals surface area (Å²) in [5.74, 6) is 0.105. The van der Waals surface area contributed by atoms with Crippen LogP contribution in [0, 0.1) is 18.7 Å². The Kier molecular flexibility index (Phi) is 3.94. The number of aromatic hydroxyl groups is 1. The third-order valence-electron chi connectivity index (χ3n) is 4.44. The fraction of sp³-hybridized carbons (Fsp3) is 0.625. The minimum absolute atomic E-state index is 0.152. The number of aryl methyl sites for hydroxylation is 1. The first-order valence-corrected chi connectivity index (χ1v) is 7.59. The van der Waals surface area contributed by atoms with Gasteiger partial charge in [-0.05, 0) is 30.9 Å². The first-order valence-electron chi connectivity index (χ1n) is 7.59. The van der Waals surface area contributed by atoms with E-state index >= 15 is 0 Å². The highest BCUT2D eigenvalue weighted by Gasteiger charge is 2.32. The molecule has 3 rings (SSSR count). The Morgan fingerprint density at radius 2 is 2.05 bits per heavy atom. The van der Waals surface area contributed by atoms with E-state index in [-0.39, 0.29) is 11.8 Å². The predicted molar refractivity (Wildman–Crippen MR) is 77.3 cm³/mol. The summed E-state index contributed by atoms with van der Waals surface area (Å²) in [7, 11) is 0. The zero-order chi connectivity index (χ0) is 14.1. The van der Waals surface area contributed by atoms with Gasteiger partial charge in [-0.25, -0.2) is 4.39 Å². The molecule has 0 bridgehead atoms. The summed E-state index contributed by atoms with van der Waals surface area (Å²) in [6, 6.07) is 3.51. The van der Waals surface area contributed by atoms with E-state index < -0.39 is 5.82 Å². The zero-order valence-electron chi connectivity index (χ0n) is 12.0. The second-order valence-electron chi connectivity index (χ2n) is 6.17. The minimum Gasteiger partial charge on any atom is -0.505 e. The van der Waals surface area contributed by atoms with Crippen molar-refractivity contribution in [3.8, 4) is 5.75 Å². The van der Waals surface area contributed by atoms with Crippen molar-refractivity contribution in [1.82, 2.24) is 10.2 Å². The number of piperazine rings is 1. The number of benzene rings is 1. The van der Waals surface area contributed by atoms with Crippen LogP contribution in [0.5, 0.6) is 5.75 Å². The standard InChI is InChI=1S/C16H23FN2O/c1-11-8-13(16(20)14(17)9-11)15(10-12-2-3-12)19-6-4-18-5-7-19/h8-9,12,15,18,20H,2-7,10H2,1H3/t15-/m0/s1. The molecule has 1 aliphatic carbocycles. The molecule has 0 radical (unpaired) electrons. The van der Waals surface area contributed by atoms with Gasteiger partial charge < -0.3 is 10.4 Å². The van der Waals surface area contributed by atoms with E-state index in [4.69, 9.17) is 0 Å². The molecule has 0 aromatic heterocycles. The van der Waals surface area contributed by atoms with Gasteiger partial charge in [0.1, 0.15) is 0 Å². The monoisotopic (exact) mass is 278 g/mol. The number of hydrogen-bond acceptors (Lipinski definition) is 3. The molecule has 2 N–H and O–H groups in total. The van der Waals surface area contributed by atoms with Crippen molar-refractivity contribution < 1.29 is 9.50 Å². The molecule has 20 heavy (non-hydrogen) atoms. The van der Waals surface area contributed by atoms with Crippen LogP contribution in [-0.2, 0) is 0 Å². The number of phenolic OH excluding ortho intramolecular Hbond substituents is 1. The van der Waals surface area contributed by atoms with E-state index in [0.717, 1.165) is 49.6 Å². The largest absolute Gasteiger partial charge is 0.505 e. The van der Waals surface area contributed by atoms with Gasteiger partial charge in [-0.1, -0.05) is 18.9 Å². The molecule has 4 heteroatoms. The molecule has 1 aromatic carbocycles. The van der Waals surface area contributed by atoms with Crippen molar-refractivity contribution in [3.05, 3.63) is 29.1 Å². The van der Waals surface area contributed by atoms with Crippen molar-refractivity contribution in [2.24, 2.45) is 5.92 Å². The molecule has 0 unspecified atom stereocenters. The fourth-order valence-electron chi connectivity index (χ4n) is 3.15. The molecule has 2 fully saturated rings. The third-order valence-corrected chi connectivity index (χ3v) is 4.44. The first kappa shape index (κ1) is 13.8. The molecule has 1 aliphatic heterocycles. The molecular weight excluding hydrogens is 255 g/mol. The van der Waals surface area contributed by atoms with E-state index in [1.165, 1.54) is 18.9 Å². The Bertz CT molecular complexity index is 482. The molecule has 0 amide bonds. The van der Waals surface area contributed by atoms with Crippen LogP contribution in [0.15, 0.2) is 12.1 Å². The lowest BCUT2D eigenvalue weighted by Crippen LogP contribution is -2.45. The molecule has 1 heterocycles. The van der Waals surface area contributed by atoms with Crippen LogP contribution in [0.25, 0.3) is 0 Å². The van der Waals surface area contributed by atoms with Crippen molar-refractivity contribution >= 4 is 0 Å². The van der Waals surface area contributed by atoms with Crippen molar-refractivity contribution in [3.63, 3.8) is 0 Å². The van der Waals surface area contributed by atoms with Gasteiger partial charge in [0.05, 0.1) is 0 Å². The molecule has 1 atom stereocenters. The van der Waals surface area contributed by atoms with Gasteiger partial charge >= 0.3 is 0 Å². The Hall–Kier alpha value is -1.13. The van der Waals surface area contributed by atoms with E-state index in [1.807, 2.05) is 13.0 Å². The van der Waals surface area contributed by atoms with E-state index in [0.29, 0.717) is 0 Å². The average Bonchev–Trinajstić information content (AvgIpc) is 3.25. The lowest BCUT2D eigenvalue weighted by Gasteiger charge is -2.35. The highest BCUT2D eigenvalue weighted by atomic mass is 19.1. The van der Waals surface area contributed by atoms with E-state index in [2.05, 4.69) is 10.2 Å². The van der Waals surface area contributed by atoms with Crippen molar-refractivity contribution in [2.45, 2.75) is 32.2 Å². The minimum atomic E-state index is -0.490. The summed E-state index contributed by atoms with van der Waals surface area (Å²) in [5, 5.41) is 13.5. The SMILES string of the molecule is Cc1cc(F)c(O)c([C@H](CC2CC2)N2CCNCC2)c1. The van der Waals surface area contributed by atoms with Gasteiger partial charge in [-0.15, -0.1) is 0 Å². The number of hydrogen-bond donors (Lipinski definition) is 2. The Balaban J connectivity index is 1.90. The van der Waals surface area contributed by atoms with Crippen molar-refractivity contribution in [2.75, 3.05) is 26.2 Å². The lowest BCUT2D eigenvalue weighted by molar-refractivity contribution is 0.157. The summed E-state index contributed by atoms with van der Waals surface area (Å²) >= 11 is 0. The molecule has 1 aromatic rings. The Labute approximate surface area is 119 Å². The second-order valence-corrected chi connectivity index (χ2v) is 6.17. The van der Waals surface area contributed by atoms with E-state index in [1.54, 1.807) is 0 Å². The number of rotatable bonds is 4.